The minimum atomic E-state index is -3.51. The molecule has 9 bridgehead atoms. The van der Waals surface area contributed by atoms with E-state index in [2.05, 4.69) is 5.73 Å². The Balaban J connectivity index is 1.35. The summed E-state index contributed by atoms with van der Waals surface area (Å²) in [6.07, 6.45) is 0.431. The third-order valence-electron chi connectivity index (χ3n) is 15.2. The summed E-state index contributed by atoms with van der Waals surface area (Å²) in [5.74, 6) is -7.00. The summed E-state index contributed by atoms with van der Waals surface area (Å²) in [7, 11) is 0. The number of carbonyl (C=O) groups excluding carboxylic acids is 3. The lowest BCUT2D eigenvalue weighted by molar-refractivity contribution is -0.419. The Kier molecular flexibility index (Phi) is 13.5. The van der Waals surface area contributed by atoms with Crippen molar-refractivity contribution in [2.45, 2.75) is 212 Å². The van der Waals surface area contributed by atoms with Gasteiger partial charge >= 0.3 is 24.9 Å². The number of ether oxygens (including phenoxy) is 6. The number of fused-ring (bicyclic) bond motifs is 6. The maximum atomic E-state index is 15.0. The monoisotopic (exact) mass is 865 g/mol. The average Bonchev–Trinajstić information content (AvgIpc) is 3.88. The van der Waals surface area contributed by atoms with Crippen molar-refractivity contribution in [2.75, 3.05) is 6.61 Å². The highest BCUT2D eigenvalue weighted by Gasteiger charge is 2.73. The number of hydrogen-bond donors (Lipinski definition) is 3. The number of aliphatic hydroxyl groups excluding tert-OH is 2. The molecule has 346 valence electrons. The summed E-state index contributed by atoms with van der Waals surface area (Å²) >= 11 is 0. The van der Waals surface area contributed by atoms with Gasteiger partial charge in [0, 0.05) is 41.4 Å². The number of aliphatic hydroxyl groups is 2. The highest BCUT2D eigenvalue weighted by Crippen LogP contribution is 2.57. The van der Waals surface area contributed by atoms with E-state index in [-0.39, 0.29) is 25.0 Å². The molecule has 0 aromatic rings. The molecule has 5 N–H and O–H groups in total. The summed E-state index contributed by atoms with van der Waals surface area (Å²) < 4.78 is 65.6. The third-order valence-corrected chi connectivity index (χ3v) is 15.2. The van der Waals surface area contributed by atoms with E-state index in [0.29, 0.717) is 64.2 Å². The molecule has 6 fully saturated rings. The second-order valence-corrected chi connectivity index (χ2v) is 20.6. The fourth-order valence-corrected chi connectivity index (χ4v) is 10.3. The molecule has 7 rings (SSSR count). The lowest BCUT2D eigenvalue weighted by Crippen LogP contribution is -2.68. The molecule has 6 saturated heterocycles. The molecule has 7 aliphatic heterocycles. The molecule has 0 saturated carbocycles. The van der Waals surface area contributed by atoms with Gasteiger partial charge in [0.2, 0.25) is 0 Å². The van der Waals surface area contributed by atoms with Crippen molar-refractivity contribution in [1.82, 2.24) is 0 Å². The maximum Gasteiger partial charge on any atom is 0.536 e. The minimum Gasteiger partial charge on any atom is -0.504 e. The summed E-state index contributed by atoms with van der Waals surface area (Å²) in [5.41, 5.74) is 2.32. The molecular formula is C44H72BNO15. The van der Waals surface area contributed by atoms with Crippen LogP contribution in [-0.4, -0.2) is 120 Å². The molecule has 0 aromatic carbocycles. The van der Waals surface area contributed by atoms with Crippen LogP contribution in [-0.2, 0) is 61.4 Å². The van der Waals surface area contributed by atoms with Crippen molar-refractivity contribution < 1.29 is 77.4 Å². The van der Waals surface area contributed by atoms with Gasteiger partial charge in [-0.1, -0.05) is 67.5 Å². The normalized spacial score (nSPS) is 45.6. The molecule has 0 radical (unpaired) electrons. The van der Waals surface area contributed by atoms with Crippen LogP contribution in [0.5, 0.6) is 0 Å². The zero-order chi connectivity index (χ0) is 44.3. The molecule has 61 heavy (non-hydrogen) atoms. The Labute approximate surface area is 360 Å². The van der Waals surface area contributed by atoms with Gasteiger partial charge in [-0.3, -0.25) is 0 Å². The zero-order valence-corrected chi connectivity index (χ0v) is 37.7. The molecule has 16 nitrogen and oxygen atoms in total. The van der Waals surface area contributed by atoms with E-state index >= 15 is 0 Å². The third kappa shape index (κ3) is 8.83. The van der Waals surface area contributed by atoms with Gasteiger partial charge in [-0.15, -0.1) is 0 Å². The van der Waals surface area contributed by atoms with Crippen molar-refractivity contribution in [1.29, 1.82) is 0 Å². The Morgan fingerprint density at radius 1 is 0.787 bits per heavy atom. The largest absolute Gasteiger partial charge is 0.536 e. The highest BCUT2D eigenvalue weighted by molar-refractivity contribution is 6.56. The first-order chi connectivity index (χ1) is 28.6. The summed E-state index contributed by atoms with van der Waals surface area (Å²) in [5, 5.41) is 23.5. The molecule has 0 aromatic heterocycles. The Hall–Kier alpha value is -2.19. The minimum absolute atomic E-state index is 0.0879. The van der Waals surface area contributed by atoms with Crippen LogP contribution in [0.25, 0.3) is 0 Å². The lowest BCUT2D eigenvalue weighted by Gasteiger charge is -2.52. The van der Waals surface area contributed by atoms with Crippen LogP contribution in [0.1, 0.15) is 133 Å². The van der Waals surface area contributed by atoms with Crippen molar-refractivity contribution in [2.24, 2.45) is 28.6 Å². The van der Waals surface area contributed by atoms with E-state index < -0.39 is 120 Å². The average molecular weight is 866 g/mol. The summed E-state index contributed by atoms with van der Waals surface area (Å²) in [6.45, 7) is 13.6. The molecule has 0 aliphatic carbocycles. The van der Waals surface area contributed by atoms with E-state index in [4.69, 9.17) is 47.0 Å². The predicted octanol–water partition coefficient (Wildman–Crippen LogP) is 3.78. The van der Waals surface area contributed by atoms with Crippen LogP contribution in [0.2, 0.25) is 0 Å². The number of rotatable bonds is 4. The number of esters is 3. The molecule has 0 amide bonds. The fourth-order valence-electron chi connectivity index (χ4n) is 10.3. The van der Waals surface area contributed by atoms with E-state index in [9.17, 15) is 24.6 Å². The molecule has 17 heteroatoms. The molecular weight excluding hydrogens is 793 g/mol. The van der Waals surface area contributed by atoms with E-state index in [1.807, 2.05) is 67.5 Å². The van der Waals surface area contributed by atoms with E-state index in [0.717, 1.165) is 0 Å². The van der Waals surface area contributed by atoms with Crippen LogP contribution in [0.4, 0.5) is 0 Å². The van der Waals surface area contributed by atoms with Gasteiger partial charge in [-0.05, 0) is 64.7 Å². The van der Waals surface area contributed by atoms with Crippen molar-refractivity contribution >= 4 is 24.9 Å². The number of cyclic esters (lactones) is 1. The van der Waals surface area contributed by atoms with E-state index in [1.165, 1.54) is 0 Å². The van der Waals surface area contributed by atoms with Crippen LogP contribution in [0.15, 0.2) is 12.2 Å². The number of hydrogen-bond acceptors (Lipinski definition) is 15. The molecule has 7 aliphatic rings. The van der Waals surface area contributed by atoms with Crippen molar-refractivity contribution in [3.63, 3.8) is 0 Å². The smallest absolute Gasteiger partial charge is 0.504 e. The fraction of sp³-hybridized carbons (Fsp3) is 0.886. The Morgan fingerprint density at radius 2 is 1.34 bits per heavy atom. The molecule has 16 unspecified atom stereocenters. The lowest BCUT2D eigenvalue weighted by atomic mass is 9.73. The second-order valence-electron chi connectivity index (χ2n) is 20.6. The summed E-state index contributed by atoms with van der Waals surface area (Å²) in [6, 6.07) is -0.650. The van der Waals surface area contributed by atoms with Gasteiger partial charge in [0.25, 0.3) is 0 Å². The van der Waals surface area contributed by atoms with Crippen molar-refractivity contribution in [3.05, 3.63) is 12.2 Å². The number of quaternary nitrogens is 1. The van der Waals surface area contributed by atoms with Gasteiger partial charge in [0.15, 0.2) is 29.8 Å². The predicted molar refractivity (Wildman–Crippen MR) is 217 cm³/mol. The topological polar surface area (TPSA) is 212 Å². The first kappa shape index (κ1) is 46.8. The quantitative estimate of drug-likeness (QED) is 0.159. The highest BCUT2D eigenvalue weighted by atomic mass is 17.0. The van der Waals surface area contributed by atoms with Crippen LogP contribution in [0.3, 0.4) is 0 Å². The van der Waals surface area contributed by atoms with Crippen molar-refractivity contribution in [3.8, 4) is 0 Å². The van der Waals surface area contributed by atoms with E-state index in [1.54, 1.807) is 6.92 Å². The van der Waals surface area contributed by atoms with Crippen LogP contribution >= 0.6 is 0 Å². The SMILES string of the molecule is CC(C)C([NH3+])C(=O)OC(C)C1C/C=C/CCC(O)C(C)(C)C2CCC(C)C3(O2)O[B-]24OC3C(=O)OC3COC(CCCC(O)C(C)(C)C5CCC(C)C(O5)(O2)C(O4)C(=O)O1)C3. The summed E-state index contributed by atoms with van der Waals surface area (Å²) in [4.78, 5) is 42.8. The molecule has 16 atom stereocenters. The first-order valence-corrected chi connectivity index (χ1v) is 23.0. The Bertz CT molecular complexity index is 1640. The molecule has 3 spiro atoms. The van der Waals surface area contributed by atoms with Gasteiger partial charge in [-0.25, -0.2) is 14.4 Å². The van der Waals surface area contributed by atoms with Crippen LogP contribution in [0, 0.1) is 28.6 Å². The molecule has 7 heterocycles. The van der Waals surface area contributed by atoms with Gasteiger partial charge in [0.1, 0.15) is 18.3 Å². The van der Waals surface area contributed by atoms with Gasteiger partial charge in [0.05, 0.1) is 37.1 Å². The Morgan fingerprint density at radius 3 is 1.92 bits per heavy atom. The first-order valence-electron chi connectivity index (χ1n) is 23.0. The van der Waals surface area contributed by atoms with Gasteiger partial charge < -0.3 is 63.0 Å². The standard InChI is InChI=1S/C44H71BNO15/c1-24(2)35(46)38(49)53-27(5)30-15-11-10-12-16-31(47)41(6,7)33-20-18-25(3)43(56-33)36-39(50)54-29-22-28(52-23-29)14-13-17-32(48)42(8,9)34-21-19-26(4)44(57-34)37(40(51)55-30)59-45(58-36,60-43)61-44/h10-11,24-37,47-48H,12-23,46H2,1-9H3/q-1/p+1/b11-10+. The second kappa shape index (κ2) is 17.7. The maximum absolute atomic E-state index is 15.0. The number of carbonyl (C=O) groups is 3. The van der Waals surface area contributed by atoms with Gasteiger partial charge in [-0.2, -0.15) is 0 Å². The van der Waals surface area contributed by atoms with Crippen LogP contribution < -0.4 is 5.73 Å². The zero-order valence-electron chi connectivity index (χ0n) is 37.7. The number of allylic oxidation sites excluding steroid dienone is 1.